The summed E-state index contributed by atoms with van der Waals surface area (Å²) in [4.78, 5) is 12.6. The Labute approximate surface area is 81.1 Å². The Morgan fingerprint density at radius 2 is 2.36 bits per heavy atom. The molecule has 1 aromatic heterocycles. The maximum absolute atomic E-state index is 10.5. The molecule has 76 valence electrons. The number of carboxylic acid groups (broad SMARTS) is 1. The molecule has 0 atom stereocenters. The number of rotatable bonds is 3. The lowest BCUT2D eigenvalue weighted by atomic mass is 10.1. The van der Waals surface area contributed by atoms with Crippen LogP contribution < -0.4 is 5.73 Å². The van der Waals surface area contributed by atoms with E-state index in [-0.39, 0.29) is 11.8 Å². The summed E-state index contributed by atoms with van der Waals surface area (Å²) in [6.45, 7) is 2.34. The van der Waals surface area contributed by atoms with Gasteiger partial charge in [-0.25, -0.2) is 4.79 Å². The van der Waals surface area contributed by atoms with Crippen LogP contribution in [0.15, 0.2) is 16.5 Å². The van der Waals surface area contributed by atoms with E-state index < -0.39 is 5.97 Å². The molecule has 0 aliphatic carbocycles. The zero-order valence-corrected chi connectivity index (χ0v) is 7.64. The van der Waals surface area contributed by atoms with E-state index in [2.05, 4.69) is 4.90 Å². The van der Waals surface area contributed by atoms with Crippen molar-refractivity contribution in [3.63, 3.8) is 0 Å². The highest BCUT2D eigenvalue weighted by Crippen LogP contribution is 2.14. The molecule has 2 heterocycles. The highest BCUT2D eigenvalue weighted by molar-refractivity contribution is 5.84. The van der Waals surface area contributed by atoms with E-state index in [0.29, 0.717) is 12.3 Å². The molecule has 1 aromatic rings. The van der Waals surface area contributed by atoms with Crippen LogP contribution in [-0.2, 0) is 6.54 Å². The minimum Gasteiger partial charge on any atom is -0.475 e. The lowest BCUT2D eigenvalue weighted by Gasteiger charge is -2.35. The second-order valence-corrected chi connectivity index (χ2v) is 3.53. The standard InChI is InChI=1S/C9H12N2O3/c10-6-3-11(4-6)5-7-1-2-8(14-7)9(12)13/h1-2,6H,3-5,10H2,(H,12,13). The van der Waals surface area contributed by atoms with Crippen molar-refractivity contribution in [1.82, 2.24) is 4.90 Å². The van der Waals surface area contributed by atoms with E-state index in [1.165, 1.54) is 6.07 Å². The maximum atomic E-state index is 10.5. The molecule has 0 radical (unpaired) electrons. The summed E-state index contributed by atoms with van der Waals surface area (Å²) >= 11 is 0. The minimum atomic E-state index is -1.03. The molecular weight excluding hydrogens is 184 g/mol. The van der Waals surface area contributed by atoms with Crippen molar-refractivity contribution in [2.75, 3.05) is 13.1 Å². The van der Waals surface area contributed by atoms with Crippen LogP contribution in [0.3, 0.4) is 0 Å². The molecule has 3 N–H and O–H groups in total. The molecule has 0 unspecified atom stereocenters. The average Bonchev–Trinajstić information content (AvgIpc) is 2.50. The van der Waals surface area contributed by atoms with Crippen molar-refractivity contribution >= 4 is 5.97 Å². The predicted molar refractivity (Wildman–Crippen MR) is 48.9 cm³/mol. The van der Waals surface area contributed by atoms with Crippen LogP contribution in [0.4, 0.5) is 0 Å². The second kappa shape index (κ2) is 3.43. The van der Waals surface area contributed by atoms with Crippen LogP contribution in [0.2, 0.25) is 0 Å². The zero-order valence-electron chi connectivity index (χ0n) is 7.64. The summed E-state index contributed by atoms with van der Waals surface area (Å²) in [5, 5.41) is 8.62. The number of carbonyl (C=O) groups is 1. The van der Waals surface area contributed by atoms with Gasteiger partial charge >= 0.3 is 5.97 Å². The van der Waals surface area contributed by atoms with Gasteiger partial charge in [0, 0.05) is 19.1 Å². The number of aromatic carboxylic acids is 1. The molecule has 0 bridgehead atoms. The van der Waals surface area contributed by atoms with E-state index in [1.54, 1.807) is 6.07 Å². The Morgan fingerprint density at radius 1 is 1.64 bits per heavy atom. The number of hydrogen-bond donors (Lipinski definition) is 2. The Morgan fingerprint density at radius 3 is 2.86 bits per heavy atom. The Kier molecular flexibility index (Phi) is 2.26. The summed E-state index contributed by atoms with van der Waals surface area (Å²) in [5.74, 6) is -0.365. The second-order valence-electron chi connectivity index (χ2n) is 3.53. The van der Waals surface area contributed by atoms with Crippen LogP contribution in [-0.4, -0.2) is 35.1 Å². The molecule has 2 rings (SSSR count). The van der Waals surface area contributed by atoms with Crippen molar-refractivity contribution in [1.29, 1.82) is 0 Å². The Bertz CT molecular complexity index is 342. The van der Waals surface area contributed by atoms with E-state index >= 15 is 0 Å². The van der Waals surface area contributed by atoms with Crippen LogP contribution in [0.1, 0.15) is 16.3 Å². The van der Waals surface area contributed by atoms with Gasteiger partial charge in [-0.2, -0.15) is 0 Å². The van der Waals surface area contributed by atoms with E-state index in [0.717, 1.165) is 13.1 Å². The van der Waals surface area contributed by atoms with Gasteiger partial charge in [-0.05, 0) is 12.1 Å². The van der Waals surface area contributed by atoms with Crippen LogP contribution >= 0.6 is 0 Å². The summed E-state index contributed by atoms with van der Waals surface area (Å²) in [7, 11) is 0. The van der Waals surface area contributed by atoms with Gasteiger partial charge in [0.2, 0.25) is 5.76 Å². The minimum absolute atomic E-state index is 0.00942. The topological polar surface area (TPSA) is 79.7 Å². The molecule has 5 heteroatoms. The molecule has 0 amide bonds. The third-order valence-electron chi connectivity index (χ3n) is 2.24. The molecule has 1 saturated heterocycles. The van der Waals surface area contributed by atoms with Crippen molar-refractivity contribution in [2.24, 2.45) is 5.73 Å². The normalized spacial score (nSPS) is 18.1. The fourth-order valence-corrected chi connectivity index (χ4v) is 1.54. The SMILES string of the molecule is NC1CN(Cc2ccc(C(=O)O)o2)C1. The van der Waals surface area contributed by atoms with Gasteiger partial charge < -0.3 is 15.3 Å². The number of furan rings is 1. The molecule has 0 spiro atoms. The first-order chi connectivity index (χ1) is 6.65. The van der Waals surface area contributed by atoms with Crippen molar-refractivity contribution in [3.8, 4) is 0 Å². The van der Waals surface area contributed by atoms with Crippen molar-refractivity contribution < 1.29 is 14.3 Å². The van der Waals surface area contributed by atoms with Gasteiger partial charge in [0.15, 0.2) is 0 Å². The quantitative estimate of drug-likeness (QED) is 0.717. The number of likely N-dealkylation sites (tertiary alicyclic amines) is 1. The molecule has 1 fully saturated rings. The Balaban J connectivity index is 1.93. The number of hydrogen-bond acceptors (Lipinski definition) is 4. The first-order valence-electron chi connectivity index (χ1n) is 4.45. The van der Waals surface area contributed by atoms with Crippen molar-refractivity contribution in [2.45, 2.75) is 12.6 Å². The summed E-state index contributed by atoms with van der Waals surface area (Å²) in [6, 6.07) is 3.41. The maximum Gasteiger partial charge on any atom is 0.371 e. The van der Waals surface area contributed by atoms with Crippen LogP contribution in [0, 0.1) is 0 Å². The zero-order chi connectivity index (χ0) is 10.1. The Hall–Kier alpha value is -1.33. The first kappa shape index (κ1) is 9.23. The summed E-state index contributed by atoms with van der Waals surface area (Å²) in [6.07, 6.45) is 0. The van der Waals surface area contributed by atoms with Gasteiger partial charge in [-0.3, -0.25) is 4.90 Å². The summed E-state index contributed by atoms with van der Waals surface area (Å²) in [5.41, 5.74) is 5.61. The molecular formula is C9H12N2O3. The van der Waals surface area contributed by atoms with Gasteiger partial charge in [0.25, 0.3) is 0 Å². The van der Waals surface area contributed by atoms with E-state index in [4.69, 9.17) is 15.3 Å². The molecule has 1 aliphatic rings. The predicted octanol–water partition coefficient (Wildman–Crippen LogP) is 0.121. The van der Waals surface area contributed by atoms with Crippen LogP contribution in [0.25, 0.3) is 0 Å². The average molecular weight is 196 g/mol. The highest BCUT2D eigenvalue weighted by Gasteiger charge is 2.23. The molecule has 14 heavy (non-hydrogen) atoms. The van der Waals surface area contributed by atoms with Gasteiger partial charge in [0.05, 0.1) is 6.54 Å². The highest BCUT2D eigenvalue weighted by atomic mass is 16.4. The van der Waals surface area contributed by atoms with Gasteiger partial charge in [-0.1, -0.05) is 0 Å². The van der Waals surface area contributed by atoms with Crippen LogP contribution in [0.5, 0.6) is 0 Å². The van der Waals surface area contributed by atoms with Gasteiger partial charge in [-0.15, -0.1) is 0 Å². The molecule has 5 nitrogen and oxygen atoms in total. The number of nitrogens with zero attached hydrogens (tertiary/aromatic N) is 1. The van der Waals surface area contributed by atoms with Crippen molar-refractivity contribution in [3.05, 3.63) is 23.7 Å². The lowest BCUT2D eigenvalue weighted by Crippen LogP contribution is -2.54. The third kappa shape index (κ3) is 1.78. The summed E-state index contributed by atoms with van der Waals surface area (Å²) < 4.78 is 5.10. The van der Waals surface area contributed by atoms with E-state index in [9.17, 15) is 4.79 Å². The monoisotopic (exact) mass is 196 g/mol. The third-order valence-corrected chi connectivity index (χ3v) is 2.24. The number of carboxylic acids is 1. The number of nitrogens with two attached hydrogens (primary N) is 1. The lowest BCUT2D eigenvalue weighted by molar-refractivity contribution is 0.0654. The smallest absolute Gasteiger partial charge is 0.371 e. The molecule has 0 saturated carbocycles. The first-order valence-corrected chi connectivity index (χ1v) is 4.45. The fraction of sp³-hybridized carbons (Fsp3) is 0.444. The molecule has 1 aliphatic heterocycles. The largest absolute Gasteiger partial charge is 0.475 e. The fourth-order valence-electron chi connectivity index (χ4n) is 1.54. The van der Waals surface area contributed by atoms with Gasteiger partial charge in [0.1, 0.15) is 5.76 Å². The molecule has 0 aromatic carbocycles. The van der Waals surface area contributed by atoms with E-state index in [1.807, 2.05) is 0 Å².